The SMILES string of the molecule is C.C=CCC=Cc1ccccc1. The lowest BCUT2D eigenvalue weighted by atomic mass is 10.2. The van der Waals surface area contributed by atoms with Crippen LogP contribution in [0.1, 0.15) is 19.4 Å². The van der Waals surface area contributed by atoms with E-state index in [0.717, 1.165) is 6.42 Å². The van der Waals surface area contributed by atoms with Crippen LogP contribution in [0, 0.1) is 0 Å². The quantitative estimate of drug-likeness (QED) is 0.588. The Morgan fingerprint density at radius 2 is 1.83 bits per heavy atom. The van der Waals surface area contributed by atoms with E-state index in [1.165, 1.54) is 5.56 Å². The van der Waals surface area contributed by atoms with Gasteiger partial charge in [-0.2, -0.15) is 0 Å². The first-order valence-corrected chi connectivity index (χ1v) is 3.76. The zero-order valence-electron chi connectivity index (χ0n) is 6.53. The molecule has 0 amide bonds. The van der Waals surface area contributed by atoms with Gasteiger partial charge in [0.25, 0.3) is 0 Å². The number of benzene rings is 1. The Morgan fingerprint density at radius 3 is 2.42 bits per heavy atom. The summed E-state index contributed by atoms with van der Waals surface area (Å²) in [7, 11) is 0. The summed E-state index contributed by atoms with van der Waals surface area (Å²) in [5.41, 5.74) is 1.24. The van der Waals surface area contributed by atoms with Crippen LogP contribution >= 0.6 is 0 Å². The molecular formula is C12H16. The van der Waals surface area contributed by atoms with Gasteiger partial charge in [0, 0.05) is 0 Å². The summed E-state index contributed by atoms with van der Waals surface area (Å²) in [5, 5.41) is 0. The summed E-state index contributed by atoms with van der Waals surface area (Å²) in [6, 6.07) is 10.3. The Hall–Kier alpha value is -1.30. The standard InChI is InChI=1S/C11H12.CH4/c1-2-3-5-8-11-9-6-4-7-10-11;/h2,4-10H,1,3H2;1H4. The van der Waals surface area contributed by atoms with Gasteiger partial charge in [0.15, 0.2) is 0 Å². The zero-order chi connectivity index (χ0) is 7.94. The highest BCUT2D eigenvalue weighted by Crippen LogP contribution is 2.01. The Morgan fingerprint density at radius 1 is 1.17 bits per heavy atom. The lowest BCUT2D eigenvalue weighted by molar-refractivity contribution is 1.42. The molecule has 0 unspecified atom stereocenters. The normalized spacial score (nSPS) is 9.33. The second-order valence-electron chi connectivity index (χ2n) is 2.34. The average Bonchev–Trinajstić information content (AvgIpc) is 2.07. The minimum Gasteiger partial charge on any atom is -0.103 e. The number of hydrogen-bond acceptors (Lipinski definition) is 0. The summed E-state index contributed by atoms with van der Waals surface area (Å²) < 4.78 is 0. The van der Waals surface area contributed by atoms with E-state index in [1.54, 1.807) is 0 Å². The van der Waals surface area contributed by atoms with E-state index in [4.69, 9.17) is 0 Å². The summed E-state index contributed by atoms with van der Waals surface area (Å²) in [6.45, 7) is 3.64. The van der Waals surface area contributed by atoms with Crippen LogP contribution in [0.5, 0.6) is 0 Å². The molecule has 0 aliphatic heterocycles. The van der Waals surface area contributed by atoms with Crippen molar-refractivity contribution >= 4 is 6.08 Å². The fraction of sp³-hybridized carbons (Fsp3) is 0.167. The number of rotatable bonds is 3. The predicted molar refractivity (Wildman–Crippen MR) is 57.0 cm³/mol. The van der Waals surface area contributed by atoms with Crippen molar-refractivity contribution in [3.63, 3.8) is 0 Å². The van der Waals surface area contributed by atoms with E-state index in [2.05, 4.69) is 30.9 Å². The lowest BCUT2D eigenvalue weighted by Gasteiger charge is -1.88. The molecule has 0 saturated heterocycles. The van der Waals surface area contributed by atoms with Crippen molar-refractivity contribution in [2.75, 3.05) is 0 Å². The molecule has 0 aliphatic carbocycles. The van der Waals surface area contributed by atoms with Crippen LogP contribution in [-0.4, -0.2) is 0 Å². The van der Waals surface area contributed by atoms with E-state index in [0.29, 0.717) is 0 Å². The van der Waals surface area contributed by atoms with E-state index >= 15 is 0 Å². The smallest absolute Gasteiger partial charge is 0.0169 e. The summed E-state index contributed by atoms with van der Waals surface area (Å²) in [6.07, 6.45) is 7.03. The van der Waals surface area contributed by atoms with Crippen LogP contribution in [0.25, 0.3) is 6.08 Å². The van der Waals surface area contributed by atoms with Crippen molar-refractivity contribution in [1.29, 1.82) is 0 Å². The Kier molecular flexibility index (Phi) is 5.72. The highest BCUT2D eigenvalue weighted by Gasteiger charge is 1.79. The molecule has 0 saturated carbocycles. The molecular weight excluding hydrogens is 144 g/mol. The predicted octanol–water partition coefficient (Wildman–Crippen LogP) is 3.91. The number of hydrogen-bond donors (Lipinski definition) is 0. The molecule has 0 heterocycles. The van der Waals surface area contributed by atoms with Crippen LogP contribution in [0.2, 0.25) is 0 Å². The van der Waals surface area contributed by atoms with Gasteiger partial charge in [0.2, 0.25) is 0 Å². The van der Waals surface area contributed by atoms with Crippen LogP contribution in [-0.2, 0) is 0 Å². The zero-order valence-corrected chi connectivity index (χ0v) is 6.53. The van der Waals surface area contributed by atoms with Crippen molar-refractivity contribution in [1.82, 2.24) is 0 Å². The molecule has 0 N–H and O–H groups in total. The van der Waals surface area contributed by atoms with Gasteiger partial charge in [0.1, 0.15) is 0 Å². The van der Waals surface area contributed by atoms with Gasteiger partial charge < -0.3 is 0 Å². The first-order chi connectivity index (χ1) is 5.43. The minimum absolute atomic E-state index is 0. The first-order valence-electron chi connectivity index (χ1n) is 3.76. The lowest BCUT2D eigenvalue weighted by Crippen LogP contribution is -1.67. The third kappa shape index (κ3) is 3.77. The molecule has 0 aromatic heterocycles. The highest BCUT2D eigenvalue weighted by atomic mass is 13.9. The highest BCUT2D eigenvalue weighted by molar-refractivity contribution is 5.48. The van der Waals surface area contributed by atoms with Crippen LogP contribution in [0.4, 0.5) is 0 Å². The summed E-state index contributed by atoms with van der Waals surface area (Å²) in [4.78, 5) is 0. The van der Waals surface area contributed by atoms with Gasteiger partial charge in [-0.25, -0.2) is 0 Å². The van der Waals surface area contributed by atoms with E-state index in [-0.39, 0.29) is 7.43 Å². The maximum Gasteiger partial charge on any atom is -0.0169 e. The molecule has 1 rings (SSSR count). The van der Waals surface area contributed by atoms with Gasteiger partial charge >= 0.3 is 0 Å². The van der Waals surface area contributed by atoms with E-state index in [9.17, 15) is 0 Å². The molecule has 1 aromatic rings. The second kappa shape index (κ2) is 6.41. The molecule has 0 radical (unpaired) electrons. The third-order valence-electron chi connectivity index (χ3n) is 1.41. The van der Waals surface area contributed by atoms with Crippen molar-refractivity contribution in [2.45, 2.75) is 13.8 Å². The Labute approximate surface area is 75.2 Å². The number of allylic oxidation sites excluding steroid dienone is 2. The van der Waals surface area contributed by atoms with Crippen molar-refractivity contribution < 1.29 is 0 Å². The maximum absolute atomic E-state index is 3.64. The molecule has 0 fully saturated rings. The fourth-order valence-electron chi connectivity index (χ4n) is 0.864. The molecule has 1 aromatic carbocycles. The molecule has 0 aliphatic rings. The van der Waals surface area contributed by atoms with Crippen LogP contribution in [0.3, 0.4) is 0 Å². The van der Waals surface area contributed by atoms with Crippen molar-refractivity contribution in [2.24, 2.45) is 0 Å². The fourth-order valence-corrected chi connectivity index (χ4v) is 0.864. The van der Waals surface area contributed by atoms with E-state index in [1.807, 2.05) is 24.3 Å². The molecule has 12 heavy (non-hydrogen) atoms. The largest absolute Gasteiger partial charge is 0.103 e. The molecule has 0 heteroatoms. The van der Waals surface area contributed by atoms with E-state index < -0.39 is 0 Å². The second-order valence-corrected chi connectivity index (χ2v) is 2.34. The molecule has 64 valence electrons. The Bertz CT molecular complexity index is 231. The van der Waals surface area contributed by atoms with Gasteiger partial charge in [-0.1, -0.05) is 56.0 Å². The molecule has 0 atom stereocenters. The third-order valence-corrected chi connectivity index (χ3v) is 1.41. The summed E-state index contributed by atoms with van der Waals surface area (Å²) >= 11 is 0. The first kappa shape index (κ1) is 10.7. The summed E-state index contributed by atoms with van der Waals surface area (Å²) in [5.74, 6) is 0. The van der Waals surface area contributed by atoms with Gasteiger partial charge in [-0.3, -0.25) is 0 Å². The minimum atomic E-state index is 0. The topological polar surface area (TPSA) is 0 Å². The molecule has 0 spiro atoms. The van der Waals surface area contributed by atoms with Crippen molar-refractivity contribution in [3.05, 3.63) is 54.6 Å². The Balaban J connectivity index is 0.00000121. The van der Waals surface area contributed by atoms with Crippen molar-refractivity contribution in [3.8, 4) is 0 Å². The molecule has 0 bridgehead atoms. The maximum atomic E-state index is 3.64. The van der Waals surface area contributed by atoms with Crippen LogP contribution in [0.15, 0.2) is 49.1 Å². The van der Waals surface area contributed by atoms with Gasteiger partial charge in [-0.05, 0) is 12.0 Å². The molecule has 0 nitrogen and oxygen atoms in total. The van der Waals surface area contributed by atoms with Crippen LogP contribution < -0.4 is 0 Å². The van der Waals surface area contributed by atoms with Gasteiger partial charge in [0.05, 0.1) is 0 Å². The average molecular weight is 160 g/mol. The van der Waals surface area contributed by atoms with Gasteiger partial charge in [-0.15, -0.1) is 6.58 Å². The monoisotopic (exact) mass is 160 g/mol.